The maximum Gasteiger partial charge on any atom is 0.226 e. The summed E-state index contributed by atoms with van der Waals surface area (Å²) in [5.41, 5.74) is 3.51. The molecule has 1 aromatic carbocycles. The first-order valence-corrected chi connectivity index (χ1v) is 11.9. The van der Waals surface area contributed by atoms with E-state index in [1.54, 1.807) is 28.9 Å². The summed E-state index contributed by atoms with van der Waals surface area (Å²) in [7, 11) is -3.36. The van der Waals surface area contributed by atoms with E-state index in [0.29, 0.717) is 22.5 Å². The summed E-state index contributed by atoms with van der Waals surface area (Å²) in [5.74, 6) is 0.697. The zero-order valence-electron chi connectivity index (χ0n) is 17.3. The van der Waals surface area contributed by atoms with Crippen molar-refractivity contribution in [2.24, 2.45) is 0 Å². The van der Waals surface area contributed by atoms with E-state index in [4.69, 9.17) is 5.10 Å². The summed E-state index contributed by atoms with van der Waals surface area (Å²) in [5, 5.41) is 13.9. The smallest absolute Gasteiger partial charge is 0.226 e. The second-order valence-corrected chi connectivity index (χ2v) is 10.5. The highest BCUT2D eigenvalue weighted by Gasteiger charge is 2.30. The van der Waals surface area contributed by atoms with E-state index >= 15 is 0 Å². The molecule has 1 unspecified atom stereocenters. The average Bonchev–Trinajstić information content (AvgIpc) is 3.39. The standard InChI is InChI=1S/C22H21N6O2P/c1-22(2,16-7-9-19-23-11-12-27(19)14-16)21-25-24-20-10-8-18(26-28(20)21)15-5-4-6-17(13-15)31(3,29)30/h4-14H,1-3H3,(H,29,30). The van der Waals surface area contributed by atoms with E-state index in [0.717, 1.165) is 16.8 Å². The maximum absolute atomic E-state index is 12.1. The van der Waals surface area contributed by atoms with Crippen LogP contribution >= 0.6 is 7.37 Å². The highest BCUT2D eigenvalue weighted by Crippen LogP contribution is 2.35. The summed E-state index contributed by atoms with van der Waals surface area (Å²) in [6, 6.07) is 14.7. The number of hydrogen-bond acceptors (Lipinski definition) is 5. The van der Waals surface area contributed by atoms with Crippen molar-refractivity contribution >= 4 is 24.0 Å². The monoisotopic (exact) mass is 432 g/mol. The molecule has 0 saturated heterocycles. The second-order valence-electron chi connectivity index (χ2n) is 8.18. The number of pyridine rings is 1. The molecule has 1 N–H and O–H groups in total. The average molecular weight is 432 g/mol. The number of imidazole rings is 1. The van der Waals surface area contributed by atoms with Crippen molar-refractivity contribution in [2.45, 2.75) is 19.3 Å². The third kappa shape index (κ3) is 3.34. The van der Waals surface area contributed by atoms with Crippen molar-refractivity contribution in [3.63, 3.8) is 0 Å². The number of aromatic nitrogens is 6. The van der Waals surface area contributed by atoms with Crippen molar-refractivity contribution in [3.8, 4) is 11.3 Å². The summed E-state index contributed by atoms with van der Waals surface area (Å²) in [6.45, 7) is 5.49. The Bertz CT molecular complexity index is 1480. The Hall–Kier alpha value is -3.35. The molecule has 0 spiro atoms. The summed E-state index contributed by atoms with van der Waals surface area (Å²) >= 11 is 0. The van der Waals surface area contributed by atoms with Gasteiger partial charge in [0, 0.05) is 36.1 Å². The fourth-order valence-corrected chi connectivity index (χ4v) is 4.42. The summed E-state index contributed by atoms with van der Waals surface area (Å²) in [4.78, 5) is 14.2. The minimum atomic E-state index is -3.36. The largest absolute Gasteiger partial charge is 0.341 e. The minimum absolute atomic E-state index is 0.393. The van der Waals surface area contributed by atoms with Crippen LogP contribution < -0.4 is 5.30 Å². The molecule has 0 radical (unpaired) electrons. The molecule has 4 heterocycles. The van der Waals surface area contributed by atoms with Crippen LogP contribution in [0.3, 0.4) is 0 Å². The fourth-order valence-electron chi connectivity index (χ4n) is 3.67. The van der Waals surface area contributed by atoms with Gasteiger partial charge in [-0.25, -0.2) is 4.98 Å². The molecular formula is C22H21N6O2P. The van der Waals surface area contributed by atoms with Gasteiger partial charge in [-0.05, 0) is 49.7 Å². The van der Waals surface area contributed by atoms with Crippen molar-refractivity contribution in [2.75, 3.05) is 6.66 Å². The number of nitrogens with zero attached hydrogens (tertiary/aromatic N) is 6. The van der Waals surface area contributed by atoms with Crippen LogP contribution in [0.1, 0.15) is 25.2 Å². The van der Waals surface area contributed by atoms with Gasteiger partial charge in [0.05, 0.1) is 11.1 Å². The zero-order valence-corrected chi connectivity index (χ0v) is 18.2. The number of rotatable bonds is 4. The molecule has 0 aliphatic heterocycles. The normalized spacial score (nSPS) is 14.2. The molecule has 5 aromatic rings. The molecule has 0 fully saturated rings. The Labute approximate surface area is 178 Å². The van der Waals surface area contributed by atoms with Crippen LogP contribution in [0.15, 0.2) is 67.1 Å². The molecule has 4 aromatic heterocycles. The van der Waals surface area contributed by atoms with Crippen LogP contribution in [0.5, 0.6) is 0 Å². The Morgan fingerprint density at radius 2 is 1.84 bits per heavy atom. The van der Waals surface area contributed by atoms with Gasteiger partial charge in [0.2, 0.25) is 7.37 Å². The molecule has 9 heteroatoms. The number of benzene rings is 1. The highest BCUT2D eigenvalue weighted by atomic mass is 31.2. The molecule has 1 atom stereocenters. The Balaban J connectivity index is 1.63. The van der Waals surface area contributed by atoms with E-state index < -0.39 is 12.8 Å². The van der Waals surface area contributed by atoms with Crippen molar-refractivity contribution in [3.05, 3.63) is 78.5 Å². The van der Waals surface area contributed by atoms with Crippen LogP contribution in [0, 0.1) is 0 Å². The van der Waals surface area contributed by atoms with Gasteiger partial charge < -0.3 is 9.29 Å². The van der Waals surface area contributed by atoms with Crippen molar-refractivity contribution in [1.82, 2.24) is 29.2 Å². The zero-order chi connectivity index (χ0) is 21.8. The van der Waals surface area contributed by atoms with Gasteiger partial charge in [-0.2, -0.15) is 9.61 Å². The fraction of sp³-hybridized carbons (Fsp3) is 0.182. The molecular weight excluding hydrogens is 411 g/mol. The predicted octanol–water partition coefficient (Wildman–Crippen LogP) is 3.29. The van der Waals surface area contributed by atoms with Gasteiger partial charge in [-0.1, -0.05) is 18.2 Å². The number of fused-ring (bicyclic) bond motifs is 2. The molecule has 156 valence electrons. The van der Waals surface area contributed by atoms with Crippen LogP contribution in [0.4, 0.5) is 0 Å². The molecule has 0 amide bonds. The highest BCUT2D eigenvalue weighted by molar-refractivity contribution is 7.65. The van der Waals surface area contributed by atoms with Gasteiger partial charge in [-0.3, -0.25) is 4.57 Å². The predicted molar refractivity (Wildman–Crippen MR) is 119 cm³/mol. The van der Waals surface area contributed by atoms with E-state index in [1.165, 1.54) is 6.66 Å². The minimum Gasteiger partial charge on any atom is -0.341 e. The van der Waals surface area contributed by atoms with Gasteiger partial charge in [-0.15, -0.1) is 10.2 Å². The van der Waals surface area contributed by atoms with E-state index in [2.05, 4.69) is 29.0 Å². The van der Waals surface area contributed by atoms with Crippen molar-refractivity contribution in [1.29, 1.82) is 0 Å². The molecule has 31 heavy (non-hydrogen) atoms. The first kappa shape index (κ1) is 19.6. The van der Waals surface area contributed by atoms with Crippen molar-refractivity contribution < 1.29 is 9.46 Å². The maximum atomic E-state index is 12.1. The van der Waals surface area contributed by atoms with Gasteiger partial charge in [0.25, 0.3) is 0 Å². The number of hydrogen-bond donors (Lipinski definition) is 1. The molecule has 0 bridgehead atoms. The van der Waals surface area contributed by atoms with Crippen LogP contribution in [-0.2, 0) is 9.98 Å². The molecule has 5 rings (SSSR count). The van der Waals surface area contributed by atoms with Gasteiger partial charge in [0.1, 0.15) is 5.65 Å². The first-order chi connectivity index (χ1) is 14.7. The summed E-state index contributed by atoms with van der Waals surface area (Å²) < 4.78 is 15.8. The van der Waals surface area contributed by atoms with E-state index in [9.17, 15) is 9.46 Å². The van der Waals surface area contributed by atoms with E-state index in [1.807, 2.05) is 47.1 Å². The summed E-state index contributed by atoms with van der Waals surface area (Å²) in [6.07, 6.45) is 5.71. The Morgan fingerprint density at radius 1 is 1.03 bits per heavy atom. The topological polar surface area (TPSA) is 97.7 Å². The van der Waals surface area contributed by atoms with Crippen LogP contribution in [0.2, 0.25) is 0 Å². The lowest BCUT2D eigenvalue weighted by atomic mass is 9.85. The lowest BCUT2D eigenvalue weighted by Gasteiger charge is -2.23. The lowest BCUT2D eigenvalue weighted by Crippen LogP contribution is -2.24. The van der Waals surface area contributed by atoms with Crippen LogP contribution in [-0.4, -0.2) is 40.8 Å². The third-order valence-corrected chi connectivity index (χ3v) is 6.79. The molecule has 0 aliphatic rings. The molecule has 0 saturated carbocycles. The Morgan fingerprint density at radius 3 is 2.65 bits per heavy atom. The van der Waals surface area contributed by atoms with Gasteiger partial charge >= 0.3 is 0 Å². The SMILES string of the molecule is CC(C)(c1ccc2nccn2c1)c1nnc2ccc(-c3cccc(P(C)(=O)O)c3)nn12. The quantitative estimate of drug-likeness (QED) is 0.438. The Kier molecular flexibility index (Phi) is 4.32. The second kappa shape index (κ2) is 6.83. The van der Waals surface area contributed by atoms with Gasteiger partial charge in [0.15, 0.2) is 11.5 Å². The molecule has 0 aliphatic carbocycles. The van der Waals surface area contributed by atoms with E-state index in [-0.39, 0.29) is 0 Å². The van der Waals surface area contributed by atoms with Crippen LogP contribution in [0.25, 0.3) is 22.6 Å². The first-order valence-electron chi connectivity index (χ1n) is 9.81. The lowest BCUT2D eigenvalue weighted by molar-refractivity contribution is 0.496. The molecule has 8 nitrogen and oxygen atoms in total. The third-order valence-electron chi connectivity index (χ3n) is 5.55.